The van der Waals surface area contributed by atoms with E-state index in [2.05, 4.69) is 35.5 Å². The molecule has 2 aliphatic rings. The zero-order chi connectivity index (χ0) is 23.9. The minimum Gasteiger partial charge on any atom is -0.337 e. The van der Waals surface area contributed by atoms with Crippen molar-refractivity contribution in [2.45, 2.75) is 38.8 Å². The van der Waals surface area contributed by atoms with Crippen LogP contribution >= 0.6 is 0 Å². The molecule has 4 aromatic heterocycles. The van der Waals surface area contributed by atoms with Crippen LogP contribution in [0.25, 0.3) is 5.82 Å². The van der Waals surface area contributed by atoms with E-state index in [0.29, 0.717) is 42.1 Å². The third-order valence-electron chi connectivity index (χ3n) is 6.55. The van der Waals surface area contributed by atoms with Gasteiger partial charge in [-0.25, -0.2) is 14.6 Å². The number of carbonyl (C=O) groups is 1. The second-order valence-electron chi connectivity index (χ2n) is 9.17. The molecule has 0 spiro atoms. The van der Waals surface area contributed by atoms with Crippen molar-refractivity contribution in [2.75, 3.05) is 23.3 Å². The maximum absolute atomic E-state index is 13.4. The number of fused-ring (bicyclic) bond motifs is 2. The number of hydrogen-bond acceptors (Lipinski definition) is 8. The maximum atomic E-state index is 13.4. The van der Waals surface area contributed by atoms with E-state index in [1.165, 1.54) is 0 Å². The third-order valence-corrected chi connectivity index (χ3v) is 6.55. The van der Waals surface area contributed by atoms with E-state index in [1.807, 2.05) is 49.2 Å². The smallest absolute Gasteiger partial charge is 0.256 e. The summed E-state index contributed by atoms with van der Waals surface area (Å²) in [5.41, 5.74) is 2.63. The Morgan fingerprint density at radius 1 is 1.06 bits per heavy atom. The van der Waals surface area contributed by atoms with Gasteiger partial charge in [-0.1, -0.05) is 0 Å². The van der Waals surface area contributed by atoms with E-state index in [0.717, 1.165) is 24.1 Å². The number of hydrogen-bond donors (Lipinski definition) is 2. The summed E-state index contributed by atoms with van der Waals surface area (Å²) in [6.07, 6.45) is 9.02. The topological polar surface area (TPSA) is 121 Å². The predicted molar refractivity (Wildman–Crippen MR) is 130 cm³/mol. The number of carbonyl (C=O) groups excluding carboxylic acids is 1. The van der Waals surface area contributed by atoms with Gasteiger partial charge < -0.3 is 15.1 Å². The van der Waals surface area contributed by atoms with Crippen molar-refractivity contribution < 1.29 is 4.79 Å². The summed E-state index contributed by atoms with van der Waals surface area (Å²) in [5, 5.41) is 14.6. The van der Waals surface area contributed by atoms with Gasteiger partial charge in [-0.15, -0.1) is 0 Å². The highest BCUT2D eigenvalue weighted by Crippen LogP contribution is 2.33. The lowest BCUT2D eigenvalue weighted by molar-refractivity contribution is 0.0640. The highest BCUT2D eigenvalue weighted by Gasteiger charge is 2.43. The lowest BCUT2D eigenvalue weighted by Crippen LogP contribution is -2.56. The molecular weight excluding hydrogens is 444 g/mol. The summed E-state index contributed by atoms with van der Waals surface area (Å²) in [7, 11) is 0. The second kappa shape index (κ2) is 8.49. The van der Waals surface area contributed by atoms with Gasteiger partial charge in [0.05, 0.1) is 23.8 Å². The number of aromatic amines is 1. The van der Waals surface area contributed by atoms with E-state index < -0.39 is 0 Å². The molecule has 6 heterocycles. The largest absolute Gasteiger partial charge is 0.337 e. The van der Waals surface area contributed by atoms with Crippen molar-refractivity contribution in [2.24, 2.45) is 0 Å². The van der Waals surface area contributed by atoms with E-state index in [-0.39, 0.29) is 18.0 Å². The van der Waals surface area contributed by atoms with Crippen molar-refractivity contribution in [1.82, 2.24) is 39.8 Å². The van der Waals surface area contributed by atoms with Crippen LogP contribution in [0.15, 0.2) is 49.1 Å². The standard InChI is InChI=1S/C24H26N10O/c1-15-10-27-33(12-15)22-6-3-17(11-26-22)23(35)34-18-4-5-19(34)14-32(13-18)24-25-8-7-20(29-24)28-21-9-16(2)30-31-21/h3,6-12,18-19H,4-5,13-14H2,1-2H3,(H2,25,28,29,30,31). The Morgan fingerprint density at radius 2 is 1.89 bits per heavy atom. The van der Waals surface area contributed by atoms with Crippen LogP contribution in [-0.2, 0) is 0 Å². The Morgan fingerprint density at radius 3 is 2.54 bits per heavy atom. The van der Waals surface area contributed by atoms with Gasteiger partial charge in [-0.3, -0.25) is 9.89 Å². The Hall–Kier alpha value is -4.28. The molecule has 4 aromatic rings. The number of aromatic nitrogens is 7. The van der Waals surface area contributed by atoms with Gasteiger partial charge in [0.2, 0.25) is 5.95 Å². The molecule has 6 rings (SSSR count). The van der Waals surface area contributed by atoms with Crippen molar-refractivity contribution in [3.63, 3.8) is 0 Å². The first kappa shape index (κ1) is 21.3. The van der Waals surface area contributed by atoms with Gasteiger partial charge in [0.15, 0.2) is 11.6 Å². The monoisotopic (exact) mass is 470 g/mol. The van der Waals surface area contributed by atoms with Gasteiger partial charge >= 0.3 is 0 Å². The van der Waals surface area contributed by atoms with Crippen molar-refractivity contribution >= 4 is 23.5 Å². The number of nitrogens with one attached hydrogen (secondary N) is 2. The predicted octanol–water partition coefficient (Wildman–Crippen LogP) is 2.63. The highest BCUT2D eigenvalue weighted by molar-refractivity contribution is 5.95. The molecular formula is C24H26N10O. The van der Waals surface area contributed by atoms with E-state index in [1.54, 1.807) is 23.3 Å². The van der Waals surface area contributed by atoms with Crippen LogP contribution in [0.5, 0.6) is 0 Å². The van der Waals surface area contributed by atoms with Crippen LogP contribution in [0.4, 0.5) is 17.6 Å². The van der Waals surface area contributed by atoms with Crippen LogP contribution in [0, 0.1) is 13.8 Å². The summed E-state index contributed by atoms with van der Waals surface area (Å²) in [5.74, 6) is 2.78. The van der Waals surface area contributed by atoms with Crippen LogP contribution in [0.1, 0.15) is 34.5 Å². The summed E-state index contributed by atoms with van der Waals surface area (Å²) < 4.78 is 1.71. The average molecular weight is 471 g/mol. The summed E-state index contributed by atoms with van der Waals surface area (Å²) in [6, 6.07) is 7.65. The number of H-pyrrole nitrogens is 1. The number of nitrogens with zero attached hydrogens (tertiary/aromatic N) is 8. The molecule has 2 saturated heterocycles. The Bertz CT molecular complexity index is 1350. The Labute approximate surface area is 202 Å². The lowest BCUT2D eigenvalue weighted by atomic mass is 10.1. The fraction of sp³-hybridized carbons (Fsp3) is 0.333. The SMILES string of the molecule is Cc1cnn(-c2ccc(C(=O)N3C4CCC3CN(c3nccc(Nc5cc(C)[nH]n5)n3)C4)cn2)c1. The molecule has 11 heteroatoms. The number of anilines is 3. The van der Waals surface area contributed by atoms with E-state index >= 15 is 0 Å². The van der Waals surface area contributed by atoms with Crippen LogP contribution < -0.4 is 10.2 Å². The summed E-state index contributed by atoms with van der Waals surface area (Å²) >= 11 is 0. The van der Waals surface area contributed by atoms with Crippen LogP contribution in [0.2, 0.25) is 0 Å². The molecule has 0 aliphatic carbocycles. The first-order valence-electron chi connectivity index (χ1n) is 11.7. The van der Waals surface area contributed by atoms with Gasteiger partial charge in [0, 0.05) is 43.4 Å². The molecule has 0 saturated carbocycles. The van der Waals surface area contributed by atoms with E-state index in [4.69, 9.17) is 4.98 Å². The first-order valence-corrected chi connectivity index (χ1v) is 11.7. The first-order chi connectivity index (χ1) is 17.0. The highest BCUT2D eigenvalue weighted by atomic mass is 16.2. The zero-order valence-corrected chi connectivity index (χ0v) is 19.6. The minimum atomic E-state index is 0.0260. The molecule has 2 atom stereocenters. The van der Waals surface area contributed by atoms with Crippen LogP contribution in [-0.4, -0.2) is 70.9 Å². The van der Waals surface area contributed by atoms with E-state index in [9.17, 15) is 4.79 Å². The van der Waals surface area contributed by atoms with Crippen molar-refractivity contribution in [1.29, 1.82) is 0 Å². The van der Waals surface area contributed by atoms with Gasteiger partial charge in [0.25, 0.3) is 5.91 Å². The van der Waals surface area contributed by atoms with Crippen molar-refractivity contribution in [3.05, 3.63) is 65.9 Å². The fourth-order valence-corrected chi connectivity index (χ4v) is 4.92. The molecule has 2 bridgehead atoms. The number of rotatable bonds is 5. The average Bonchev–Trinajstić information content (AvgIpc) is 3.56. The third kappa shape index (κ3) is 4.09. The lowest BCUT2D eigenvalue weighted by Gasteiger charge is -2.41. The fourth-order valence-electron chi connectivity index (χ4n) is 4.92. The summed E-state index contributed by atoms with van der Waals surface area (Å²) in [6.45, 7) is 5.33. The molecule has 2 N–H and O–H groups in total. The molecule has 2 unspecified atom stereocenters. The van der Waals surface area contributed by atoms with Gasteiger partial charge in [-0.05, 0) is 50.5 Å². The Balaban J connectivity index is 1.16. The normalized spacial score (nSPS) is 19.3. The zero-order valence-electron chi connectivity index (χ0n) is 19.6. The second-order valence-corrected chi connectivity index (χ2v) is 9.17. The molecule has 2 aliphatic heterocycles. The van der Waals surface area contributed by atoms with Crippen LogP contribution in [0.3, 0.4) is 0 Å². The summed E-state index contributed by atoms with van der Waals surface area (Å²) in [4.78, 5) is 31.3. The van der Waals surface area contributed by atoms with Crippen molar-refractivity contribution in [3.8, 4) is 5.82 Å². The molecule has 35 heavy (non-hydrogen) atoms. The minimum absolute atomic E-state index is 0.0260. The number of piperazine rings is 1. The van der Waals surface area contributed by atoms with Gasteiger partial charge in [0.1, 0.15) is 5.82 Å². The quantitative estimate of drug-likeness (QED) is 0.457. The Kier molecular flexibility index (Phi) is 5.16. The number of pyridine rings is 1. The molecule has 1 amide bonds. The molecule has 0 aromatic carbocycles. The molecule has 11 nitrogen and oxygen atoms in total. The van der Waals surface area contributed by atoms with Gasteiger partial charge in [-0.2, -0.15) is 15.2 Å². The molecule has 178 valence electrons. The maximum Gasteiger partial charge on any atom is 0.256 e. The molecule has 2 fully saturated rings. The molecule has 0 radical (unpaired) electrons. The number of aryl methyl sites for hydroxylation is 2. The number of amides is 1.